The standard InChI is InChI=1S/C16H21NO2S/c1-12-15(18)20-16(10-4-3-5-11-16)17(12)13-6-8-14(19-2)9-7-13/h6-9,12H,3-5,10-11H2,1-2H3/t12-/m0/s1. The topological polar surface area (TPSA) is 29.5 Å². The van der Waals surface area contributed by atoms with E-state index in [-0.39, 0.29) is 10.9 Å². The van der Waals surface area contributed by atoms with Crippen LogP contribution >= 0.6 is 11.8 Å². The van der Waals surface area contributed by atoms with Gasteiger partial charge in [0, 0.05) is 5.69 Å². The Balaban J connectivity index is 1.96. The van der Waals surface area contributed by atoms with Crippen LogP contribution < -0.4 is 9.64 Å². The number of carbonyl (C=O) groups excluding carboxylic acids is 1. The molecule has 1 aromatic rings. The van der Waals surface area contributed by atoms with Crippen molar-refractivity contribution < 1.29 is 9.53 Å². The Kier molecular flexibility index (Phi) is 3.67. The largest absolute Gasteiger partial charge is 0.497 e. The van der Waals surface area contributed by atoms with Gasteiger partial charge in [-0.2, -0.15) is 0 Å². The predicted molar refractivity (Wildman–Crippen MR) is 83.3 cm³/mol. The summed E-state index contributed by atoms with van der Waals surface area (Å²) in [6.07, 6.45) is 5.96. The molecule has 2 aliphatic rings. The van der Waals surface area contributed by atoms with Crippen molar-refractivity contribution in [3.05, 3.63) is 24.3 Å². The van der Waals surface area contributed by atoms with Crippen LogP contribution in [-0.4, -0.2) is 23.1 Å². The van der Waals surface area contributed by atoms with Crippen LogP contribution in [0.15, 0.2) is 24.3 Å². The molecule has 2 fully saturated rings. The average molecular weight is 291 g/mol. The van der Waals surface area contributed by atoms with E-state index >= 15 is 0 Å². The molecular formula is C16H21NO2S. The lowest BCUT2D eigenvalue weighted by Gasteiger charge is -2.42. The van der Waals surface area contributed by atoms with Gasteiger partial charge in [-0.1, -0.05) is 31.0 Å². The number of anilines is 1. The molecule has 0 radical (unpaired) electrons. The van der Waals surface area contributed by atoms with E-state index in [1.54, 1.807) is 18.9 Å². The van der Waals surface area contributed by atoms with E-state index in [4.69, 9.17) is 4.74 Å². The molecule has 108 valence electrons. The first-order valence-electron chi connectivity index (χ1n) is 7.32. The second-order valence-electron chi connectivity index (χ2n) is 5.67. The van der Waals surface area contributed by atoms with Crippen LogP contribution in [0.2, 0.25) is 0 Å². The first-order chi connectivity index (χ1) is 9.66. The van der Waals surface area contributed by atoms with Crippen molar-refractivity contribution in [2.24, 2.45) is 0 Å². The lowest BCUT2D eigenvalue weighted by atomic mass is 9.92. The van der Waals surface area contributed by atoms with Crippen molar-refractivity contribution in [3.8, 4) is 5.75 Å². The third-order valence-corrected chi connectivity index (χ3v) is 5.97. The van der Waals surface area contributed by atoms with E-state index in [2.05, 4.69) is 17.0 Å². The second-order valence-corrected chi connectivity index (χ2v) is 7.04. The third kappa shape index (κ3) is 2.20. The summed E-state index contributed by atoms with van der Waals surface area (Å²) in [5, 5.41) is 0.308. The second kappa shape index (κ2) is 5.32. The van der Waals surface area contributed by atoms with Crippen LogP contribution in [0.4, 0.5) is 5.69 Å². The van der Waals surface area contributed by atoms with Crippen LogP contribution in [0, 0.1) is 0 Å². The first kappa shape index (κ1) is 13.8. The highest BCUT2D eigenvalue weighted by atomic mass is 32.2. The van der Waals surface area contributed by atoms with Crippen LogP contribution in [0.1, 0.15) is 39.0 Å². The van der Waals surface area contributed by atoms with Crippen molar-refractivity contribution in [3.63, 3.8) is 0 Å². The Labute approximate surface area is 124 Å². The maximum Gasteiger partial charge on any atom is 0.213 e. The molecule has 1 saturated carbocycles. The zero-order valence-electron chi connectivity index (χ0n) is 12.1. The molecule has 20 heavy (non-hydrogen) atoms. The van der Waals surface area contributed by atoms with Gasteiger partial charge in [0.1, 0.15) is 5.75 Å². The molecule has 1 saturated heterocycles. The van der Waals surface area contributed by atoms with E-state index in [9.17, 15) is 4.79 Å². The SMILES string of the molecule is COc1ccc(N2[C@@H](C)C(=O)SC23CCCCC3)cc1. The van der Waals surface area contributed by atoms with Crippen LogP contribution in [0.5, 0.6) is 5.75 Å². The summed E-state index contributed by atoms with van der Waals surface area (Å²) >= 11 is 1.57. The number of methoxy groups -OCH3 is 1. The molecule has 0 bridgehead atoms. The Morgan fingerprint density at radius 1 is 1.20 bits per heavy atom. The molecule has 1 spiro atoms. The van der Waals surface area contributed by atoms with Gasteiger partial charge in [-0.15, -0.1) is 0 Å². The minimum atomic E-state index is -0.0357. The molecule has 1 heterocycles. The number of rotatable bonds is 2. The zero-order chi connectivity index (χ0) is 14.2. The lowest BCUT2D eigenvalue weighted by molar-refractivity contribution is -0.111. The minimum absolute atomic E-state index is 0.0106. The predicted octanol–water partition coefficient (Wildman–Crippen LogP) is 3.82. The van der Waals surface area contributed by atoms with Gasteiger partial charge in [0.05, 0.1) is 18.0 Å². The Bertz CT molecular complexity index is 494. The fourth-order valence-corrected chi connectivity index (χ4v) is 4.93. The number of carbonyl (C=O) groups is 1. The van der Waals surface area contributed by atoms with E-state index in [1.165, 1.54) is 19.3 Å². The normalized spacial score (nSPS) is 25.2. The van der Waals surface area contributed by atoms with Gasteiger partial charge in [0.25, 0.3) is 0 Å². The highest BCUT2D eigenvalue weighted by Crippen LogP contribution is 2.51. The highest BCUT2D eigenvalue weighted by molar-refractivity contribution is 8.15. The van der Waals surface area contributed by atoms with Crippen molar-refractivity contribution in [2.75, 3.05) is 12.0 Å². The molecule has 4 heteroatoms. The van der Waals surface area contributed by atoms with Crippen molar-refractivity contribution in [1.29, 1.82) is 0 Å². The number of nitrogens with zero attached hydrogens (tertiary/aromatic N) is 1. The summed E-state index contributed by atoms with van der Waals surface area (Å²) in [6, 6.07) is 8.07. The van der Waals surface area contributed by atoms with Crippen LogP contribution in [0.3, 0.4) is 0 Å². The van der Waals surface area contributed by atoms with Gasteiger partial charge >= 0.3 is 0 Å². The number of thioether (sulfide) groups is 1. The molecule has 0 unspecified atom stereocenters. The molecule has 1 aliphatic heterocycles. The van der Waals surface area contributed by atoms with Gasteiger partial charge in [-0.25, -0.2) is 0 Å². The Hall–Kier alpha value is -1.16. The monoisotopic (exact) mass is 291 g/mol. The zero-order valence-corrected chi connectivity index (χ0v) is 12.9. The molecule has 3 nitrogen and oxygen atoms in total. The van der Waals surface area contributed by atoms with E-state index < -0.39 is 0 Å². The molecule has 0 N–H and O–H groups in total. The quantitative estimate of drug-likeness (QED) is 0.828. The van der Waals surface area contributed by atoms with Crippen LogP contribution in [0.25, 0.3) is 0 Å². The minimum Gasteiger partial charge on any atom is -0.497 e. The summed E-state index contributed by atoms with van der Waals surface area (Å²) in [5.41, 5.74) is 1.14. The molecule has 1 atom stereocenters. The van der Waals surface area contributed by atoms with Gasteiger partial charge in [0.2, 0.25) is 5.12 Å². The summed E-state index contributed by atoms with van der Waals surface area (Å²) in [7, 11) is 1.68. The van der Waals surface area contributed by atoms with Crippen LogP contribution in [-0.2, 0) is 4.79 Å². The number of ether oxygens (including phenoxy) is 1. The molecule has 0 aromatic heterocycles. The van der Waals surface area contributed by atoms with Crippen molar-refractivity contribution >= 4 is 22.6 Å². The van der Waals surface area contributed by atoms with E-state index in [1.807, 2.05) is 19.1 Å². The molecule has 1 aromatic carbocycles. The number of benzene rings is 1. The van der Waals surface area contributed by atoms with Gasteiger partial charge in [-0.05, 0) is 44.0 Å². The Morgan fingerprint density at radius 2 is 1.85 bits per heavy atom. The van der Waals surface area contributed by atoms with E-state index in [0.29, 0.717) is 5.12 Å². The average Bonchev–Trinajstić information content (AvgIpc) is 2.71. The first-order valence-corrected chi connectivity index (χ1v) is 8.14. The fourth-order valence-electron chi connectivity index (χ4n) is 3.43. The lowest BCUT2D eigenvalue weighted by Crippen LogP contribution is -2.47. The summed E-state index contributed by atoms with van der Waals surface area (Å²) in [5.74, 6) is 0.859. The molecule has 0 amide bonds. The fraction of sp³-hybridized carbons (Fsp3) is 0.562. The number of hydrogen-bond donors (Lipinski definition) is 0. The van der Waals surface area contributed by atoms with Gasteiger partial charge < -0.3 is 9.64 Å². The van der Waals surface area contributed by atoms with Crippen molar-refractivity contribution in [1.82, 2.24) is 0 Å². The molecule has 3 rings (SSSR count). The highest BCUT2D eigenvalue weighted by Gasteiger charge is 2.50. The molecular weight excluding hydrogens is 270 g/mol. The maximum absolute atomic E-state index is 12.3. The summed E-state index contributed by atoms with van der Waals surface area (Å²) < 4.78 is 5.23. The van der Waals surface area contributed by atoms with Gasteiger partial charge in [-0.3, -0.25) is 4.79 Å². The maximum atomic E-state index is 12.3. The number of hydrogen-bond acceptors (Lipinski definition) is 4. The third-order valence-electron chi connectivity index (χ3n) is 4.44. The smallest absolute Gasteiger partial charge is 0.213 e. The summed E-state index contributed by atoms with van der Waals surface area (Å²) in [6.45, 7) is 2.03. The van der Waals surface area contributed by atoms with Crippen molar-refractivity contribution in [2.45, 2.75) is 49.9 Å². The van der Waals surface area contributed by atoms with E-state index in [0.717, 1.165) is 24.3 Å². The summed E-state index contributed by atoms with van der Waals surface area (Å²) in [4.78, 5) is 14.6. The molecule has 1 aliphatic carbocycles. The Morgan fingerprint density at radius 3 is 2.45 bits per heavy atom. The van der Waals surface area contributed by atoms with Gasteiger partial charge in [0.15, 0.2) is 0 Å².